The second-order valence-corrected chi connectivity index (χ2v) is 4.96. The van der Waals surface area contributed by atoms with Crippen molar-refractivity contribution in [3.63, 3.8) is 0 Å². The predicted molar refractivity (Wildman–Crippen MR) is 80.6 cm³/mol. The highest BCUT2D eigenvalue weighted by Crippen LogP contribution is 2.36. The fraction of sp³-hybridized carbons (Fsp3) is 0.125. The van der Waals surface area contributed by atoms with Gasteiger partial charge in [0.1, 0.15) is 5.75 Å². The number of nitrogens with zero attached hydrogens (tertiary/aromatic N) is 2. The maximum atomic E-state index is 5.75. The molecule has 104 valence electrons. The van der Waals surface area contributed by atoms with E-state index in [4.69, 9.17) is 4.74 Å². The number of aromatic amines is 2. The smallest absolute Gasteiger partial charge is 0.126 e. The Bertz CT molecular complexity index is 773. The average molecular weight is 278 g/mol. The minimum absolute atomic E-state index is 0.705. The molecule has 1 aliphatic heterocycles. The van der Waals surface area contributed by atoms with E-state index in [2.05, 4.69) is 32.3 Å². The highest BCUT2D eigenvalue weighted by atomic mass is 16.5. The summed E-state index contributed by atoms with van der Waals surface area (Å²) in [5.41, 5.74) is 5.49. The number of hydrogen-bond acceptors (Lipinski definition) is 3. The zero-order valence-corrected chi connectivity index (χ0v) is 11.3. The Balaban J connectivity index is 1.80. The number of fused-ring (bicyclic) bond motifs is 1. The molecule has 3 heterocycles. The number of benzene rings is 1. The van der Waals surface area contributed by atoms with Crippen LogP contribution in [0.5, 0.6) is 5.75 Å². The van der Waals surface area contributed by atoms with E-state index in [9.17, 15) is 0 Å². The summed E-state index contributed by atoms with van der Waals surface area (Å²) in [5, 5.41) is 7.00. The van der Waals surface area contributed by atoms with E-state index in [0.29, 0.717) is 6.61 Å². The van der Waals surface area contributed by atoms with Gasteiger partial charge in [0.15, 0.2) is 0 Å². The Hall–Kier alpha value is -2.82. The third-order valence-electron chi connectivity index (χ3n) is 3.62. The van der Waals surface area contributed by atoms with Crippen LogP contribution in [-0.4, -0.2) is 26.8 Å². The summed E-state index contributed by atoms with van der Waals surface area (Å²) in [6.45, 7) is 0.705. The largest absolute Gasteiger partial charge is 0.493 e. The van der Waals surface area contributed by atoms with Crippen molar-refractivity contribution >= 4 is 11.6 Å². The molecule has 1 aromatic carbocycles. The van der Waals surface area contributed by atoms with Gasteiger partial charge in [-0.2, -0.15) is 5.10 Å². The van der Waals surface area contributed by atoms with Gasteiger partial charge in [-0.25, -0.2) is 4.98 Å². The van der Waals surface area contributed by atoms with Crippen LogP contribution >= 0.6 is 0 Å². The van der Waals surface area contributed by atoms with Gasteiger partial charge in [0.05, 0.1) is 30.5 Å². The maximum Gasteiger partial charge on any atom is 0.126 e. The number of hydrogen-bond donors (Lipinski definition) is 2. The molecule has 0 amide bonds. The van der Waals surface area contributed by atoms with Crippen molar-refractivity contribution in [2.45, 2.75) is 6.42 Å². The molecular formula is C16H14N4O. The minimum atomic E-state index is 0.705. The first-order valence-electron chi connectivity index (χ1n) is 6.86. The number of ether oxygens (including phenoxy) is 1. The Morgan fingerprint density at radius 1 is 1.24 bits per heavy atom. The summed E-state index contributed by atoms with van der Waals surface area (Å²) in [4.78, 5) is 7.17. The zero-order valence-electron chi connectivity index (χ0n) is 11.3. The van der Waals surface area contributed by atoms with Gasteiger partial charge in [-0.3, -0.25) is 5.10 Å². The van der Waals surface area contributed by atoms with Crippen molar-refractivity contribution in [2.24, 2.45) is 0 Å². The molecule has 0 aliphatic carbocycles. The van der Waals surface area contributed by atoms with Crippen LogP contribution in [0.4, 0.5) is 0 Å². The van der Waals surface area contributed by atoms with Gasteiger partial charge in [0.2, 0.25) is 0 Å². The summed E-state index contributed by atoms with van der Waals surface area (Å²) in [7, 11) is 0. The van der Waals surface area contributed by atoms with Gasteiger partial charge in [-0.15, -0.1) is 0 Å². The quantitative estimate of drug-likeness (QED) is 0.757. The Morgan fingerprint density at radius 3 is 3.05 bits per heavy atom. The van der Waals surface area contributed by atoms with Crippen molar-refractivity contribution in [3.05, 3.63) is 54.2 Å². The van der Waals surface area contributed by atoms with E-state index in [-0.39, 0.29) is 0 Å². The van der Waals surface area contributed by atoms with Crippen LogP contribution in [0.1, 0.15) is 17.7 Å². The molecule has 0 fully saturated rings. The summed E-state index contributed by atoms with van der Waals surface area (Å²) in [5.74, 6) is 0.926. The van der Waals surface area contributed by atoms with Crippen molar-refractivity contribution in [1.82, 2.24) is 20.2 Å². The molecule has 2 aromatic heterocycles. The van der Waals surface area contributed by atoms with Crippen LogP contribution < -0.4 is 4.74 Å². The lowest BCUT2D eigenvalue weighted by Gasteiger charge is -2.20. The second kappa shape index (κ2) is 4.94. The van der Waals surface area contributed by atoms with Crippen molar-refractivity contribution in [3.8, 4) is 17.0 Å². The van der Waals surface area contributed by atoms with Crippen molar-refractivity contribution < 1.29 is 4.74 Å². The lowest BCUT2D eigenvalue weighted by atomic mass is 9.96. The molecule has 5 nitrogen and oxygen atoms in total. The number of H-pyrrole nitrogens is 2. The van der Waals surface area contributed by atoms with E-state index in [1.165, 1.54) is 5.57 Å². The minimum Gasteiger partial charge on any atom is -0.493 e. The van der Waals surface area contributed by atoms with Gasteiger partial charge in [-0.05, 0) is 35.9 Å². The highest BCUT2D eigenvalue weighted by molar-refractivity contribution is 5.85. The van der Waals surface area contributed by atoms with Gasteiger partial charge in [0.25, 0.3) is 0 Å². The first-order valence-corrected chi connectivity index (χ1v) is 6.86. The fourth-order valence-corrected chi connectivity index (χ4v) is 2.58. The molecule has 0 atom stereocenters. The first kappa shape index (κ1) is 12.0. The molecular weight excluding hydrogens is 264 g/mol. The van der Waals surface area contributed by atoms with Crippen LogP contribution in [-0.2, 0) is 0 Å². The molecule has 1 aliphatic rings. The molecule has 2 N–H and O–H groups in total. The molecule has 3 aromatic rings. The predicted octanol–water partition coefficient (Wildman–Crippen LogP) is 3.12. The van der Waals surface area contributed by atoms with Crippen LogP contribution in [0, 0.1) is 0 Å². The van der Waals surface area contributed by atoms with Gasteiger partial charge in [0, 0.05) is 23.7 Å². The number of nitrogens with one attached hydrogen (secondary N) is 2. The summed E-state index contributed by atoms with van der Waals surface area (Å²) in [6.07, 6.45) is 8.28. The van der Waals surface area contributed by atoms with E-state index in [1.807, 2.05) is 24.4 Å². The van der Waals surface area contributed by atoms with E-state index in [1.54, 1.807) is 12.5 Å². The zero-order chi connectivity index (χ0) is 14.1. The first-order chi connectivity index (χ1) is 10.4. The number of imidazole rings is 1. The molecule has 0 saturated carbocycles. The highest BCUT2D eigenvalue weighted by Gasteiger charge is 2.16. The third kappa shape index (κ3) is 2.23. The van der Waals surface area contributed by atoms with Crippen LogP contribution in [0.25, 0.3) is 22.9 Å². The summed E-state index contributed by atoms with van der Waals surface area (Å²) < 4.78 is 5.75. The summed E-state index contributed by atoms with van der Waals surface area (Å²) in [6, 6.07) is 8.17. The third-order valence-corrected chi connectivity index (χ3v) is 3.62. The maximum absolute atomic E-state index is 5.75. The van der Waals surface area contributed by atoms with Crippen molar-refractivity contribution in [2.75, 3.05) is 6.61 Å². The topological polar surface area (TPSA) is 66.6 Å². The van der Waals surface area contributed by atoms with Gasteiger partial charge >= 0.3 is 0 Å². The molecule has 0 saturated heterocycles. The number of aromatic nitrogens is 4. The van der Waals surface area contributed by atoms with Crippen molar-refractivity contribution in [1.29, 1.82) is 0 Å². The lowest BCUT2D eigenvalue weighted by molar-refractivity contribution is 0.317. The Morgan fingerprint density at radius 2 is 2.24 bits per heavy atom. The molecule has 5 heteroatoms. The molecule has 0 radical (unpaired) electrons. The Kier molecular flexibility index (Phi) is 2.81. The van der Waals surface area contributed by atoms with Gasteiger partial charge in [-0.1, -0.05) is 0 Å². The fourth-order valence-electron chi connectivity index (χ4n) is 2.58. The van der Waals surface area contributed by atoms with E-state index >= 15 is 0 Å². The van der Waals surface area contributed by atoms with E-state index < -0.39 is 0 Å². The summed E-state index contributed by atoms with van der Waals surface area (Å²) >= 11 is 0. The molecule has 21 heavy (non-hydrogen) atoms. The molecule has 0 bridgehead atoms. The molecule has 0 spiro atoms. The SMILES string of the molecule is C(=C1CCOc2ccc(-c3ccn[nH]3)cc21)c1cnc[nH]1. The van der Waals surface area contributed by atoms with Crippen LogP contribution in [0.3, 0.4) is 0 Å². The molecule has 0 unspecified atom stereocenters. The average Bonchev–Trinajstić information content (AvgIpc) is 3.21. The van der Waals surface area contributed by atoms with Gasteiger partial charge < -0.3 is 9.72 Å². The van der Waals surface area contributed by atoms with Crippen LogP contribution in [0.15, 0.2) is 43.0 Å². The van der Waals surface area contributed by atoms with Crippen LogP contribution in [0.2, 0.25) is 0 Å². The number of rotatable bonds is 2. The Labute approximate surface area is 121 Å². The normalized spacial score (nSPS) is 15.7. The van der Waals surface area contributed by atoms with E-state index in [0.717, 1.165) is 34.7 Å². The standard InChI is InChI=1S/C16H14N4O/c1-2-16-14(8-12(1)15-3-5-19-20-15)11(4-6-21-16)7-13-9-17-10-18-13/h1-3,5,7-10H,4,6H2,(H,17,18)(H,19,20). The second-order valence-electron chi connectivity index (χ2n) is 4.96. The molecule has 4 rings (SSSR count). The monoisotopic (exact) mass is 278 g/mol. The lowest BCUT2D eigenvalue weighted by Crippen LogP contribution is -2.07.